The standard InChI is InChI=1S/C6H6Cl6.Bi.3H/c7-1-2(8)4(10)6(12)5(11)3(1)9;;;;/h1-6H;;;;. The molecule has 0 aromatic rings. The van der Waals surface area contributed by atoms with Crippen LogP contribution in [0.15, 0.2) is 0 Å². The summed E-state index contributed by atoms with van der Waals surface area (Å²) in [4.78, 5) is 0. The van der Waals surface area contributed by atoms with E-state index in [1.807, 2.05) is 0 Å². The van der Waals surface area contributed by atoms with Gasteiger partial charge in [0.25, 0.3) is 0 Å². The molecule has 13 heavy (non-hydrogen) atoms. The van der Waals surface area contributed by atoms with E-state index >= 15 is 0 Å². The molecule has 0 atom stereocenters. The van der Waals surface area contributed by atoms with Crippen LogP contribution in [0.1, 0.15) is 0 Å². The first-order valence-electron chi connectivity index (χ1n) is 3.31. The van der Waals surface area contributed by atoms with Crippen LogP contribution in [0.2, 0.25) is 0 Å². The summed E-state index contributed by atoms with van der Waals surface area (Å²) in [5.74, 6) is 0. The molecule has 0 bridgehead atoms. The van der Waals surface area contributed by atoms with Crippen LogP contribution in [-0.2, 0) is 0 Å². The number of hydrogen-bond donors (Lipinski definition) is 0. The Morgan fingerprint density at radius 2 is 0.462 bits per heavy atom. The molecule has 0 aromatic carbocycles. The molecule has 0 unspecified atom stereocenters. The first kappa shape index (κ1) is 15.6. The molecule has 0 radical (unpaired) electrons. The number of hydrogen-bond acceptors (Lipinski definition) is 0. The minimum absolute atomic E-state index is 0. The Kier molecular flexibility index (Phi) is 7.67. The molecule has 0 aliphatic heterocycles. The Labute approximate surface area is 127 Å². The zero-order valence-corrected chi connectivity index (χ0v) is 16.5. The SMILES string of the molecule is ClC1C(Cl)C(Cl)C(Cl)C(Cl)C1Cl.[BiH3]. The van der Waals surface area contributed by atoms with E-state index in [0.717, 1.165) is 0 Å². The second kappa shape index (κ2) is 6.38. The molecule has 0 saturated heterocycles. The van der Waals surface area contributed by atoms with Crippen LogP contribution in [0.4, 0.5) is 0 Å². The maximum absolute atomic E-state index is 5.88. The Balaban J connectivity index is 0.00000144. The molecule has 0 N–H and O–H groups in total. The van der Waals surface area contributed by atoms with E-state index in [2.05, 4.69) is 0 Å². The zero-order valence-electron chi connectivity index (χ0n) is 6.44. The molecule has 0 spiro atoms. The van der Waals surface area contributed by atoms with Crippen molar-refractivity contribution in [3.8, 4) is 0 Å². The molecule has 1 aliphatic carbocycles. The first-order chi connectivity index (χ1) is 5.46. The maximum atomic E-state index is 5.88. The number of rotatable bonds is 0. The predicted octanol–water partition coefficient (Wildman–Crippen LogP) is 2.46. The molecule has 1 aliphatic rings. The van der Waals surface area contributed by atoms with Gasteiger partial charge >= 0.3 is 26.2 Å². The van der Waals surface area contributed by atoms with E-state index in [0.29, 0.717) is 0 Å². The van der Waals surface area contributed by atoms with Crippen molar-refractivity contribution >= 4 is 95.8 Å². The van der Waals surface area contributed by atoms with Crippen molar-refractivity contribution in [2.24, 2.45) is 0 Å². The van der Waals surface area contributed by atoms with E-state index in [-0.39, 0.29) is 26.2 Å². The molecule has 1 rings (SSSR count). The third kappa shape index (κ3) is 3.29. The zero-order chi connectivity index (χ0) is 9.46. The molecule has 1 saturated carbocycles. The average molecular weight is 503 g/mol. The Morgan fingerprint density at radius 1 is 0.385 bits per heavy atom. The molecule has 0 nitrogen and oxygen atoms in total. The summed E-state index contributed by atoms with van der Waals surface area (Å²) in [6, 6.07) is 0. The van der Waals surface area contributed by atoms with Crippen molar-refractivity contribution < 1.29 is 0 Å². The molecule has 0 amide bonds. The van der Waals surface area contributed by atoms with Crippen molar-refractivity contribution in [2.45, 2.75) is 32.3 Å². The van der Waals surface area contributed by atoms with Gasteiger partial charge in [-0.3, -0.25) is 0 Å². The van der Waals surface area contributed by atoms with Gasteiger partial charge in [0.05, 0.1) is 32.3 Å². The van der Waals surface area contributed by atoms with E-state index in [4.69, 9.17) is 69.6 Å². The van der Waals surface area contributed by atoms with Gasteiger partial charge in [-0.1, -0.05) is 0 Å². The van der Waals surface area contributed by atoms with E-state index in [1.165, 1.54) is 0 Å². The van der Waals surface area contributed by atoms with Crippen LogP contribution < -0.4 is 0 Å². The quantitative estimate of drug-likeness (QED) is 0.353. The fourth-order valence-corrected chi connectivity index (χ4v) is 3.38. The second-order valence-corrected chi connectivity index (χ2v) is 5.69. The second-order valence-electron chi connectivity index (χ2n) is 2.67. The molecule has 80 valence electrons. The van der Waals surface area contributed by atoms with Gasteiger partial charge in [0.2, 0.25) is 0 Å². The Hall–Kier alpha value is 2.62. The van der Waals surface area contributed by atoms with Crippen molar-refractivity contribution in [2.75, 3.05) is 0 Å². The fraction of sp³-hybridized carbons (Fsp3) is 1.00. The molecule has 0 aromatic heterocycles. The van der Waals surface area contributed by atoms with Gasteiger partial charge in [0, 0.05) is 0 Å². The van der Waals surface area contributed by atoms with Crippen LogP contribution in [0.25, 0.3) is 0 Å². The van der Waals surface area contributed by atoms with Crippen LogP contribution >= 0.6 is 69.6 Å². The average Bonchev–Trinajstić information content (AvgIpc) is 2.08. The normalized spacial score (nSPS) is 51.2. The molecule has 1 fully saturated rings. The summed E-state index contributed by atoms with van der Waals surface area (Å²) in [6.07, 6.45) is 0. The monoisotopic (exact) mass is 500 g/mol. The molecular weight excluding hydrogens is 494 g/mol. The Morgan fingerprint density at radius 3 is 0.538 bits per heavy atom. The third-order valence-electron chi connectivity index (χ3n) is 1.83. The van der Waals surface area contributed by atoms with E-state index in [9.17, 15) is 0 Å². The summed E-state index contributed by atoms with van der Waals surface area (Å²) in [5, 5.41) is -2.62. The predicted molar refractivity (Wildman–Crippen MR) is 67.8 cm³/mol. The summed E-state index contributed by atoms with van der Waals surface area (Å²) in [6.45, 7) is 0. The Bertz CT molecular complexity index is 109. The summed E-state index contributed by atoms with van der Waals surface area (Å²) < 4.78 is 0. The summed E-state index contributed by atoms with van der Waals surface area (Å²) in [5.41, 5.74) is 0. The van der Waals surface area contributed by atoms with Gasteiger partial charge in [0.15, 0.2) is 0 Å². The third-order valence-corrected chi connectivity index (χ3v) is 5.86. The van der Waals surface area contributed by atoms with Gasteiger partial charge < -0.3 is 0 Å². The van der Waals surface area contributed by atoms with Crippen LogP contribution in [0, 0.1) is 0 Å². The van der Waals surface area contributed by atoms with Gasteiger partial charge in [-0.2, -0.15) is 0 Å². The van der Waals surface area contributed by atoms with Crippen molar-refractivity contribution in [1.29, 1.82) is 0 Å². The summed E-state index contributed by atoms with van der Waals surface area (Å²) >= 11 is 35.3. The van der Waals surface area contributed by atoms with Crippen LogP contribution in [0.3, 0.4) is 0 Å². The van der Waals surface area contributed by atoms with Gasteiger partial charge in [-0.15, -0.1) is 69.6 Å². The first-order valence-corrected chi connectivity index (χ1v) is 5.93. The van der Waals surface area contributed by atoms with Crippen molar-refractivity contribution in [1.82, 2.24) is 0 Å². The van der Waals surface area contributed by atoms with Gasteiger partial charge in [0.1, 0.15) is 0 Å². The van der Waals surface area contributed by atoms with E-state index in [1.54, 1.807) is 0 Å². The van der Waals surface area contributed by atoms with E-state index < -0.39 is 32.3 Å². The van der Waals surface area contributed by atoms with Gasteiger partial charge in [-0.25, -0.2) is 0 Å². The van der Waals surface area contributed by atoms with Crippen molar-refractivity contribution in [3.05, 3.63) is 0 Å². The van der Waals surface area contributed by atoms with Crippen LogP contribution in [0.5, 0.6) is 0 Å². The fourth-order valence-electron chi connectivity index (χ4n) is 1.05. The number of alkyl halides is 6. The molecule has 0 heterocycles. The molecular formula is C6H9BiCl6. The number of halogens is 6. The van der Waals surface area contributed by atoms with Crippen LogP contribution in [-0.4, -0.2) is 58.5 Å². The van der Waals surface area contributed by atoms with Gasteiger partial charge in [-0.05, 0) is 0 Å². The minimum atomic E-state index is -0.437. The van der Waals surface area contributed by atoms with Crippen molar-refractivity contribution in [3.63, 3.8) is 0 Å². The topological polar surface area (TPSA) is 0 Å². The summed E-state index contributed by atoms with van der Waals surface area (Å²) in [7, 11) is 0. The molecule has 7 heteroatoms.